The minimum atomic E-state index is -0.317. The molecule has 1 fully saturated rings. The highest BCUT2D eigenvalue weighted by Crippen LogP contribution is 2.36. The molecule has 1 N–H and O–H groups in total. The SMILES string of the molecule is CC1(C)OB(c2ccc3nc[nH]c3c2)OC1(C)C. The van der Waals surface area contributed by atoms with Gasteiger partial charge >= 0.3 is 7.12 Å². The van der Waals surface area contributed by atoms with E-state index in [4.69, 9.17) is 9.31 Å². The molecule has 1 aromatic heterocycles. The van der Waals surface area contributed by atoms with Crippen molar-refractivity contribution in [1.29, 1.82) is 0 Å². The Morgan fingerprint density at radius 3 is 2.44 bits per heavy atom. The van der Waals surface area contributed by atoms with Crippen LogP contribution in [0.15, 0.2) is 24.5 Å². The van der Waals surface area contributed by atoms with Gasteiger partial charge in [-0.15, -0.1) is 0 Å². The first-order chi connectivity index (χ1) is 8.39. The largest absolute Gasteiger partial charge is 0.494 e. The molecule has 4 nitrogen and oxygen atoms in total. The van der Waals surface area contributed by atoms with Gasteiger partial charge in [-0.2, -0.15) is 0 Å². The summed E-state index contributed by atoms with van der Waals surface area (Å²) in [6.45, 7) is 8.23. The Bertz CT molecular complexity index is 575. The van der Waals surface area contributed by atoms with Crippen LogP contribution in [0.1, 0.15) is 27.7 Å². The van der Waals surface area contributed by atoms with Crippen LogP contribution in [0.5, 0.6) is 0 Å². The monoisotopic (exact) mass is 244 g/mol. The average Bonchev–Trinajstić information content (AvgIpc) is 2.80. The van der Waals surface area contributed by atoms with Crippen molar-refractivity contribution in [2.24, 2.45) is 0 Å². The Balaban J connectivity index is 1.96. The van der Waals surface area contributed by atoms with Gasteiger partial charge in [0.25, 0.3) is 0 Å². The van der Waals surface area contributed by atoms with Gasteiger partial charge in [0.05, 0.1) is 28.6 Å². The minimum absolute atomic E-state index is 0.305. The molecule has 5 heteroatoms. The van der Waals surface area contributed by atoms with E-state index in [0.29, 0.717) is 0 Å². The normalized spacial score (nSPS) is 21.7. The zero-order valence-corrected chi connectivity index (χ0v) is 11.2. The van der Waals surface area contributed by atoms with Gasteiger partial charge in [-0.3, -0.25) is 0 Å². The first-order valence-electron chi connectivity index (χ1n) is 6.18. The molecule has 0 unspecified atom stereocenters. The molecule has 1 saturated heterocycles. The zero-order chi connectivity index (χ0) is 13.0. The Kier molecular flexibility index (Phi) is 2.34. The second-order valence-electron chi connectivity index (χ2n) is 5.77. The fourth-order valence-electron chi connectivity index (χ4n) is 2.08. The molecule has 2 aromatic rings. The van der Waals surface area contributed by atoms with Crippen molar-refractivity contribution in [1.82, 2.24) is 9.97 Å². The van der Waals surface area contributed by atoms with E-state index in [2.05, 4.69) is 37.7 Å². The second-order valence-corrected chi connectivity index (χ2v) is 5.77. The Morgan fingerprint density at radius 1 is 1.11 bits per heavy atom. The van der Waals surface area contributed by atoms with Crippen LogP contribution in [0.3, 0.4) is 0 Å². The number of benzene rings is 1. The number of nitrogens with zero attached hydrogens (tertiary/aromatic N) is 1. The van der Waals surface area contributed by atoms with E-state index < -0.39 is 0 Å². The van der Waals surface area contributed by atoms with Gasteiger partial charge < -0.3 is 14.3 Å². The van der Waals surface area contributed by atoms with Crippen LogP contribution in [0.4, 0.5) is 0 Å². The van der Waals surface area contributed by atoms with Crippen molar-refractivity contribution in [3.8, 4) is 0 Å². The highest BCUT2D eigenvalue weighted by atomic mass is 16.7. The van der Waals surface area contributed by atoms with Crippen molar-refractivity contribution in [3.63, 3.8) is 0 Å². The summed E-state index contributed by atoms with van der Waals surface area (Å²) in [7, 11) is -0.317. The molecule has 2 heterocycles. The van der Waals surface area contributed by atoms with Crippen molar-refractivity contribution in [2.45, 2.75) is 38.9 Å². The molecule has 0 radical (unpaired) electrons. The van der Waals surface area contributed by atoms with Crippen LogP contribution < -0.4 is 5.46 Å². The fourth-order valence-corrected chi connectivity index (χ4v) is 2.08. The highest BCUT2D eigenvalue weighted by Gasteiger charge is 2.51. The van der Waals surface area contributed by atoms with Gasteiger partial charge in [-0.05, 0) is 45.3 Å². The maximum atomic E-state index is 6.02. The lowest BCUT2D eigenvalue weighted by Gasteiger charge is -2.32. The third-order valence-electron chi connectivity index (χ3n) is 3.97. The van der Waals surface area contributed by atoms with E-state index in [1.54, 1.807) is 6.33 Å². The molecule has 0 aliphatic carbocycles. The quantitative estimate of drug-likeness (QED) is 0.779. The summed E-state index contributed by atoms with van der Waals surface area (Å²) in [6.07, 6.45) is 1.69. The van der Waals surface area contributed by atoms with Crippen LogP contribution in [0.2, 0.25) is 0 Å². The van der Waals surface area contributed by atoms with Gasteiger partial charge in [0, 0.05) is 0 Å². The predicted octanol–water partition coefficient (Wildman–Crippen LogP) is 1.86. The van der Waals surface area contributed by atoms with Crippen LogP contribution in [0, 0.1) is 0 Å². The zero-order valence-electron chi connectivity index (χ0n) is 11.2. The van der Waals surface area contributed by atoms with Crippen LogP contribution in [-0.2, 0) is 9.31 Å². The van der Waals surface area contributed by atoms with Crippen LogP contribution in [0.25, 0.3) is 11.0 Å². The van der Waals surface area contributed by atoms with Gasteiger partial charge in [-0.25, -0.2) is 4.98 Å². The molecule has 0 bridgehead atoms. The van der Waals surface area contributed by atoms with E-state index >= 15 is 0 Å². The number of rotatable bonds is 1. The van der Waals surface area contributed by atoms with Crippen LogP contribution >= 0.6 is 0 Å². The summed E-state index contributed by atoms with van der Waals surface area (Å²) in [5.74, 6) is 0. The lowest BCUT2D eigenvalue weighted by molar-refractivity contribution is 0.00578. The van der Waals surface area contributed by atoms with E-state index in [1.165, 1.54) is 0 Å². The molecule has 0 spiro atoms. The van der Waals surface area contributed by atoms with Crippen molar-refractivity contribution >= 4 is 23.6 Å². The van der Waals surface area contributed by atoms with Gasteiger partial charge in [0.2, 0.25) is 0 Å². The minimum Gasteiger partial charge on any atom is -0.399 e. The Hall–Kier alpha value is -1.33. The molecule has 18 heavy (non-hydrogen) atoms. The van der Waals surface area contributed by atoms with E-state index in [1.807, 2.05) is 18.2 Å². The van der Waals surface area contributed by atoms with Gasteiger partial charge in [-0.1, -0.05) is 6.07 Å². The van der Waals surface area contributed by atoms with E-state index in [-0.39, 0.29) is 18.3 Å². The number of aromatic amines is 1. The first kappa shape index (κ1) is 11.7. The summed E-state index contributed by atoms with van der Waals surface area (Å²) in [4.78, 5) is 7.31. The molecule has 0 atom stereocenters. The lowest BCUT2D eigenvalue weighted by Crippen LogP contribution is -2.41. The molecule has 3 rings (SSSR count). The van der Waals surface area contributed by atoms with E-state index in [0.717, 1.165) is 16.5 Å². The molecule has 0 amide bonds. The van der Waals surface area contributed by atoms with Gasteiger partial charge in [0.1, 0.15) is 0 Å². The second kappa shape index (κ2) is 3.59. The van der Waals surface area contributed by atoms with Crippen LogP contribution in [-0.4, -0.2) is 28.3 Å². The van der Waals surface area contributed by atoms with Crippen molar-refractivity contribution in [2.75, 3.05) is 0 Å². The molecule has 1 aliphatic heterocycles. The maximum absolute atomic E-state index is 6.02. The lowest BCUT2D eigenvalue weighted by atomic mass is 9.79. The smallest absolute Gasteiger partial charge is 0.399 e. The maximum Gasteiger partial charge on any atom is 0.494 e. The summed E-state index contributed by atoms with van der Waals surface area (Å²) < 4.78 is 12.0. The summed E-state index contributed by atoms with van der Waals surface area (Å²) in [5.41, 5.74) is 2.36. The fraction of sp³-hybridized carbons (Fsp3) is 0.462. The number of fused-ring (bicyclic) bond motifs is 1. The summed E-state index contributed by atoms with van der Waals surface area (Å²) in [6, 6.07) is 6.02. The first-order valence-corrected chi connectivity index (χ1v) is 6.18. The molecule has 94 valence electrons. The number of imidazole rings is 1. The van der Waals surface area contributed by atoms with Gasteiger partial charge in [0.15, 0.2) is 0 Å². The molecule has 0 saturated carbocycles. The molecule has 1 aliphatic rings. The summed E-state index contributed by atoms with van der Waals surface area (Å²) in [5, 5.41) is 0. The number of aromatic nitrogens is 2. The Morgan fingerprint density at radius 2 is 1.78 bits per heavy atom. The van der Waals surface area contributed by atoms with E-state index in [9.17, 15) is 0 Å². The third kappa shape index (κ3) is 1.66. The highest BCUT2D eigenvalue weighted by molar-refractivity contribution is 6.62. The molecular weight excluding hydrogens is 227 g/mol. The Labute approximate surface area is 107 Å². The third-order valence-corrected chi connectivity index (χ3v) is 3.97. The number of hydrogen-bond acceptors (Lipinski definition) is 3. The topological polar surface area (TPSA) is 47.1 Å². The molecule has 1 aromatic carbocycles. The average molecular weight is 244 g/mol. The predicted molar refractivity (Wildman–Crippen MR) is 71.8 cm³/mol. The number of H-pyrrole nitrogens is 1. The standard InChI is InChI=1S/C13H17BN2O2/c1-12(2)13(3,4)18-14(17-12)9-5-6-10-11(7-9)16-8-15-10/h5-8H,1-4H3,(H,15,16). The molecular formula is C13H17BN2O2. The summed E-state index contributed by atoms with van der Waals surface area (Å²) >= 11 is 0. The number of nitrogens with one attached hydrogen (secondary N) is 1. The van der Waals surface area contributed by atoms with Crippen molar-refractivity contribution in [3.05, 3.63) is 24.5 Å². The van der Waals surface area contributed by atoms with Crippen molar-refractivity contribution < 1.29 is 9.31 Å². The number of hydrogen-bond donors (Lipinski definition) is 1.